The zero-order valence-electron chi connectivity index (χ0n) is 11.4. The third-order valence-corrected chi connectivity index (χ3v) is 4.22. The lowest BCUT2D eigenvalue weighted by Crippen LogP contribution is -1.96. The average Bonchev–Trinajstić information content (AvgIpc) is 2.68. The van der Waals surface area contributed by atoms with E-state index in [1.807, 2.05) is 0 Å². The minimum absolute atomic E-state index is 0.594. The van der Waals surface area contributed by atoms with E-state index in [1.165, 1.54) is 28.7 Å². The van der Waals surface area contributed by atoms with Gasteiger partial charge in [0.05, 0.1) is 0 Å². The van der Waals surface area contributed by atoms with E-state index in [0.717, 1.165) is 0 Å². The molecule has 0 aromatic heterocycles. The summed E-state index contributed by atoms with van der Waals surface area (Å²) >= 11 is 0. The third kappa shape index (κ3) is 1.86. The van der Waals surface area contributed by atoms with E-state index in [1.54, 1.807) is 5.56 Å². The minimum Gasteiger partial charge on any atom is -0.0590 e. The number of rotatable bonds is 1. The van der Waals surface area contributed by atoms with E-state index >= 15 is 0 Å². The second-order valence-corrected chi connectivity index (χ2v) is 5.73. The van der Waals surface area contributed by atoms with Crippen molar-refractivity contribution in [3.05, 3.63) is 70.3 Å². The zero-order chi connectivity index (χ0) is 12.7. The van der Waals surface area contributed by atoms with Gasteiger partial charge < -0.3 is 0 Å². The molecule has 0 saturated carbocycles. The standard InChI is InChI=1S/C18H20/c1-12-4-7-15(8-5-12)18-11-14(3)17-10-13(2)6-9-16(17)18/h4-10,14,18H,11H2,1-3H3. The summed E-state index contributed by atoms with van der Waals surface area (Å²) in [6, 6.07) is 16.0. The molecule has 0 aliphatic heterocycles. The van der Waals surface area contributed by atoms with Crippen LogP contribution in [-0.2, 0) is 0 Å². The van der Waals surface area contributed by atoms with Crippen LogP contribution in [0.3, 0.4) is 0 Å². The topological polar surface area (TPSA) is 0 Å². The molecule has 1 aliphatic rings. The van der Waals surface area contributed by atoms with E-state index in [0.29, 0.717) is 11.8 Å². The van der Waals surface area contributed by atoms with Gasteiger partial charge in [-0.1, -0.05) is 60.5 Å². The van der Waals surface area contributed by atoms with Crippen molar-refractivity contribution in [2.24, 2.45) is 0 Å². The summed E-state index contributed by atoms with van der Waals surface area (Å²) in [5, 5.41) is 0. The first kappa shape index (κ1) is 11.5. The Morgan fingerprint density at radius 2 is 1.50 bits per heavy atom. The Hall–Kier alpha value is -1.56. The quantitative estimate of drug-likeness (QED) is 0.657. The maximum Gasteiger partial charge on any atom is 0.00978 e. The van der Waals surface area contributed by atoms with Crippen LogP contribution in [0.5, 0.6) is 0 Å². The fourth-order valence-corrected chi connectivity index (χ4v) is 3.16. The molecular weight excluding hydrogens is 216 g/mol. The van der Waals surface area contributed by atoms with Gasteiger partial charge in [0.2, 0.25) is 0 Å². The lowest BCUT2D eigenvalue weighted by molar-refractivity contribution is 0.686. The molecule has 0 bridgehead atoms. The second kappa shape index (κ2) is 4.28. The maximum absolute atomic E-state index is 2.37. The van der Waals surface area contributed by atoms with Crippen LogP contribution < -0.4 is 0 Å². The van der Waals surface area contributed by atoms with Gasteiger partial charge in [0.15, 0.2) is 0 Å². The van der Waals surface area contributed by atoms with Crippen molar-refractivity contribution < 1.29 is 0 Å². The summed E-state index contributed by atoms with van der Waals surface area (Å²) in [7, 11) is 0. The number of hydrogen-bond acceptors (Lipinski definition) is 0. The Morgan fingerprint density at radius 3 is 2.22 bits per heavy atom. The first-order valence-electron chi connectivity index (χ1n) is 6.82. The largest absolute Gasteiger partial charge is 0.0590 e. The highest BCUT2D eigenvalue weighted by Crippen LogP contribution is 2.45. The lowest BCUT2D eigenvalue weighted by Gasteiger charge is -2.12. The molecule has 92 valence electrons. The molecule has 0 heteroatoms. The number of fused-ring (bicyclic) bond motifs is 1. The van der Waals surface area contributed by atoms with Gasteiger partial charge in [-0.15, -0.1) is 0 Å². The third-order valence-electron chi connectivity index (χ3n) is 4.22. The first-order chi connectivity index (χ1) is 8.65. The number of hydrogen-bond donors (Lipinski definition) is 0. The van der Waals surface area contributed by atoms with Gasteiger partial charge in [-0.05, 0) is 42.9 Å². The summed E-state index contributed by atoms with van der Waals surface area (Å²) in [5.41, 5.74) is 7.28. The monoisotopic (exact) mass is 236 g/mol. The van der Waals surface area contributed by atoms with Gasteiger partial charge in [-0.2, -0.15) is 0 Å². The highest BCUT2D eigenvalue weighted by molar-refractivity contribution is 5.46. The van der Waals surface area contributed by atoms with Gasteiger partial charge in [-0.3, -0.25) is 0 Å². The molecule has 0 nitrogen and oxygen atoms in total. The smallest absolute Gasteiger partial charge is 0.00978 e. The second-order valence-electron chi connectivity index (χ2n) is 5.73. The minimum atomic E-state index is 0.594. The maximum atomic E-state index is 2.37. The summed E-state index contributed by atoms with van der Waals surface area (Å²) in [4.78, 5) is 0. The summed E-state index contributed by atoms with van der Waals surface area (Å²) in [5.74, 6) is 1.28. The van der Waals surface area contributed by atoms with Crippen LogP contribution in [0.2, 0.25) is 0 Å². The van der Waals surface area contributed by atoms with Gasteiger partial charge in [0.1, 0.15) is 0 Å². The van der Waals surface area contributed by atoms with E-state index in [-0.39, 0.29) is 0 Å². The van der Waals surface area contributed by atoms with Crippen LogP contribution in [0.15, 0.2) is 42.5 Å². The molecule has 0 amide bonds. The number of benzene rings is 2. The molecule has 2 aromatic rings. The fraction of sp³-hybridized carbons (Fsp3) is 0.333. The van der Waals surface area contributed by atoms with Gasteiger partial charge >= 0.3 is 0 Å². The van der Waals surface area contributed by atoms with Crippen LogP contribution >= 0.6 is 0 Å². The fourth-order valence-electron chi connectivity index (χ4n) is 3.16. The Balaban J connectivity index is 2.05. The summed E-state index contributed by atoms with van der Waals surface area (Å²) in [6.45, 7) is 6.69. The molecule has 0 fully saturated rings. The summed E-state index contributed by atoms with van der Waals surface area (Å²) < 4.78 is 0. The molecule has 2 aromatic carbocycles. The van der Waals surface area contributed by atoms with Crippen molar-refractivity contribution in [1.82, 2.24) is 0 Å². The Kier molecular flexibility index (Phi) is 2.74. The molecule has 3 rings (SSSR count). The van der Waals surface area contributed by atoms with Crippen molar-refractivity contribution in [2.45, 2.75) is 39.0 Å². The highest BCUT2D eigenvalue weighted by Gasteiger charge is 2.28. The molecular formula is C18H20. The van der Waals surface area contributed by atoms with Crippen LogP contribution in [0.25, 0.3) is 0 Å². The molecule has 2 atom stereocenters. The molecule has 0 heterocycles. The Bertz CT molecular complexity index is 563. The van der Waals surface area contributed by atoms with Crippen LogP contribution in [0, 0.1) is 13.8 Å². The van der Waals surface area contributed by atoms with Crippen molar-refractivity contribution in [3.63, 3.8) is 0 Å². The molecule has 0 saturated heterocycles. The Morgan fingerprint density at radius 1 is 0.833 bits per heavy atom. The lowest BCUT2D eigenvalue weighted by atomic mass is 9.92. The molecule has 0 N–H and O–H groups in total. The van der Waals surface area contributed by atoms with Crippen molar-refractivity contribution >= 4 is 0 Å². The average molecular weight is 236 g/mol. The molecule has 18 heavy (non-hydrogen) atoms. The van der Waals surface area contributed by atoms with Crippen LogP contribution in [0.4, 0.5) is 0 Å². The van der Waals surface area contributed by atoms with Gasteiger partial charge in [-0.25, -0.2) is 0 Å². The van der Waals surface area contributed by atoms with Gasteiger partial charge in [0.25, 0.3) is 0 Å². The number of aryl methyl sites for hydroxylation is 2. The van der Waals surface area contributed by atoms with Crippen molar-refractivity contribution in [2.75, 3.05) is 0 Å². The molecule has 1 aliphatic carbocycles. The molecule has 0 spiro atoms. The first-order valence-corrected chi connectivity index (χ1v) is 6.82. The summed E-state index contributed by atoms with van der Waals surface area (Å²) in [6.07, 6.45) is 1.25. The van der Waals surface area contributed by atoms with Crippen molar-refractivity contribution in [3.8, 4) is 0 Å². The van der Waals surface area contributed by atoms with Gasteiger partial charge in [0, 0.05) is 5.92 Å². The van der Waals surface area contributed by atoms with Crippen molar-refractivity contribution in [1.29, 1.82) is 0 Å². The zero-order valence-corrected chi connectivity index (χ0v) is 11.4. The van der Waals surface area contributed by atoms with E-state index in [2.05, 4.69) is 63.2 Å². The van der Waals surface area contributed by atoms with E-state index in [4.69, 9.17) is 0 Å². The Labute approximate surface area is 110 Å². The molecule has 2 unspecified atom stereocenters. The normalized spacial score (nSPS) is 21.9. The SMILES string of the molecule is Cc1ccc(C2CC(C)c3cc(C)ccc32)cc1. The van der Waals surface area contributed by atoms with E-state index in [9.17, 15) is 0 Å². The molecule has 0 radical (unpaired) electrons. The van der Waals surface area contributed by atoms with Crippen LogP contribution in [0.1, 0.15) is 53.0 Å². The predicted octanol–water partition coefficient (Wildman–Crippen LogP) is 4.94. The highest BCUT2D eigenvalue weighted by atomic mass is 14.3. The van der Waals surface area contributed by atoms with Crippen LogP contribution in [-0.4, -0.2) is 0 Å². The predicted molar refractivity (Wildman–Crippen MR) is 77.2 cm³/mol. The van der Waals surface area contributed by atoms with E-state index < -0.39 is 0 Å².